The van der Waals surface area contributed by atoms with Crippen LogP contribution in [0.2, 0.25) is 0 Å². The molecule has 0 unspecified atom stereocenters. The van der Waals surface area contributed by atoms with Gasteiger partial charge in [0.1, 0.15) is 11.5 Å². The van der Waals surface area contributed by atoms with E-state index in [0.717, 1.165) is 30.2 Å². The van der Waals surface area contributed by atoms with Gasteiger partial charge in [-0.05, 0) is 31.2 Å². The van der Waals surface area contributed by atoms with E-state index >= 15 is 0 Å². The van der Waals surface area contributed by atoms with Gasteiger partial charge in [-0.15, -0.1) is 0 Å². The molecule has 116 valence electrons. The smallest absolute Gasteiger partial charge is 0.251 e. The molecule has 0 spiro atoms. The summed E-state index contributed by atoms with van der Waals surface area (Å²) < 4.78 is 11.0. The van der Waals surface area contributed by atoms with Crippen molar-refractivity contribution in [1.82, 2.24) is 10.6 Å². The molecule has 1 aliphatic rings. The highest BCUT2D eigenvalue weighted by molar-refractivity contribution is 5.95. The molecule has 3 rings (SSSR count). The zero-order valence-corrected chi connectivity index (χ0v) is 12.8. The maximum absolute atomic E-state index is 12.4. The van der Waals surface area contributed by atoms with Crippen molar-refractivity contribution in [3.05, 3.63) is 47.7 Å². The Morgan fingerprint density at radius 3 is 2.91 bits per heavy atom. The Labute approximate surface area is 129 Å². The molecule has 0 saturated carbocycles. The number of furan rings is 1. The summed E-state index contributed by atoms with van der Waals surface area (Å²) in [5, 5.41) is 6.24. The molecule has 1 fully saturated rings. The van der Waals surface area contributed by atoms with Gasteiger partial charge >= 0.3 is 0 Å². The first-order valence-electron chi connectivity index (χ1n) is 7.38. The average molecular weight is 300 g/mol. The Hall–Kier alpha value is -2.11. The standard InChI is InChI=1S/C17H20N2O3/c1-11-6-7-15(22-11)12-4-3-5-13(8-12)17(20)19-14-9-18-10-16(14)21-2/h3-8,14,16,18H,9-10H2,1-2H3,(H,19,20)/t14-,16-/m0/s1. The van der Waals surface area contributed by atoms with Crippen LogP contribution in [0.25, 0.3) is 11.3 Å². The number of ether oxygens (including phenoxy) is 1. The first kappa shape index (κ1) is 14.8. The summed E-state index contributed by atoms with van der Waals surface area (Å²) in [5.74, 6) is 1.52. The summed E-state index contributed by atoms with van der Waals surface area (Å²) in [5.41, 5.74) is 1.52. The van der Waals surface area contributed by atoms with Crippen LogP contribution < -0.4 is 10.6 Å². The fourth-order valence-corrected chi connectivity index (χ4v) is 2.70. The Morgan fingerprint density at radius 1 is 1.32 bits per heavy atom. The summed E-state index contributed by atoms with van der Waals surface area (Å²) in [6, 6.07) is 11.3. The first-order chi connectivity index (χ1) is 10.7. The first-order valence-corrected chi connectivity index (χ1v) is 7.38. The van der Waals surface area contributed by atoms with Gasteiger partial charge in [-0.25, -0.2) is 0 Å². The SMILES string of the molecule is CO[C@H]1CNC[C@@H]1NC(=O)c1cccc(-c2ccc(C)o2)c1. The highest BCUT2D eigenvalue weighted by Gasteiger charge is 2.28. The molecule has 0 bridgehead atoms. The van der Waals surface area contributed by atoms with E-state index in [9.17, 15) is 4.79 Å². The van der Waals surface area contributed by atoms with Gasteiger partial charge in [0.2, 0.25) is 0 Å². The molecule has 2 atom stereocenters. The molecule has 1 saturated heterocycles. The van der Waals surface area contributed by atoms with Gasteiger partial charge in [0.25, 0.3) is 5.91 Å². The number of hydrogen-bond acceptors (Lipinski definition) is 4. The minimum absolute atomic E-state index is 0.00740. The van der Waals surface area contributed by atoms with Crippen LogP contribution in [0.4, 0.5) is 0 Å². The second kappa shape index (κ2) is 6.34. The predicted octanol–water partition coefficient (Wildman–Crippen LogP) is 1.97. The van der Waals surface area contributed by atoms with Crippen LogP contribution in [-0.4, -0.2) is 38.3 Å². The van der Waals surface area contributed by atoms with Crippen LogP contribution >= 0.6 is 0 Å². The average Bonchev–Trinajstić information content (AvgIpc) is 3.16. The summed E-state index contributed by atoms with van der Waals surface area (Å²) >= 11 is 0. The fraction of sp³-hybridized carbons (Fsp3) is 0.353. The van der Waals surface area contributed by atoms with Gasteiger partial charge < -0.3 is 19.8 Å². The molecule has 1 aromatic carbocycles. The second-order valence-electron chi connectivity index (χ2n) is 5.50. The van der Waals surface area contributed by atoms with Gasteiger partial charge in [-0.2, -0.15) is 0 Å². The molecule has 22 heavy (non-hydrogen) atoms. The van der Waals surface area contributed by atoms with Crippen molar-refractivity contribution in [2.24, 2.45) is 0 Å². The number of rotatable bonds is 4. The van der Waals surface area contributed by atoms with Crippen molar-refractivity contribution >= 4 is 5.91 Å². The quantitative estimate of drug-likeness (QED) is 0.906. The molecular formula is C17H20N2O3. The molecule has 0 aliphatic carbocycles. The van der Waals surface area contributed by atoms with E-state index in [0.29, 0.717) is 5.56 Å². The lowest BCUT2D eigenvalue weighted by molar-refractivity contribution is 0.0780. The monoisotopic (exact) mass is 300 g/mol. The molecule has 0 radical (unpaired) electrons. The van der Waals surface area contributed by atoms with Crippen molar-refractivity contribution in [1.29, 1.82) is 0 Å². The molecule has 2 aromatic rings. The van der Waals surface area contributed by atoms with Crippen LogP contribution in [0.1, 0.15) is 16.1 Å². The van der Waals surface area contributed by atoms with E-state index in [1.165, 1.54) is 0 Å². The number of amides is 1. The lowest BCUT2D eigenvalue weighted by Gasteiger charge is -2.18. The van der Waals surface area contributed by atoms with Gasteiger partial charge in [0.15, 0.2) is 0 Å². The highest BCUT2D eigenvalue weighted by atomic mass is 16.5. The van der Waals surface area contributed by atoms with Gasteiger partial charge in [0, 0.05) is 31.3 Å². The van der Waals surface area contributed by atoms with E-state index < -0.39 is 0 Å². The van der Waals surface area contributed by atoms with Crippen molar-refractivity contribution < 1.29 is 13.9 Å². The fourth-order valence-electron chi connectivity index (χ4n) is 2.70. The summed E-state index contributed by atoms with van der Waals surface area (Å²) in [6.07, 6.45) is 0.0138. The Balaban J connectivity index is 1.75. The molecular weight excluding hydrogens is 280 g/mol. The van der Waals surface area contributed by atoms with Crippen molar-refractivity contribution in [2.45, 2.75) is 19.1 Å². The summed E-state index contributed by atoms with van der Waals surface area (Å²) in [6.45, 7) is 3.38. The molecule has 1 amide bonds. The van der Waals surface area contributed by atoms with E-state index in [2.05, 4.69) is 10.6 Å². The summed E-state index contributed by atoms with van der Waals surface area (Å²) in [7, 11) is 1.66. The number of aryl methyl sites for hydroxylation is 1. The van der Waals surface area contributed by atoms with Crippen LogP contribution in [0.15, 0.2) is 40.8 Å². The zero-order chi connectivity index (χ0) is 15.5. The normalized spacial score (nSPS) is 21.0. The Bertz CT molecular complexity index is 665. The van der Waals surface area contributed by atoms with E-state index in [-0.39, 0.29) is 18.1 Å². The summed E-state index contributed by atoms with van der Waals surface area (Å²) in [4.78, 5) is 12.4. The number of hydrogen-bond donors (Lipinski definition) is 2. The highest BCUT2D eigenvalue weighted by Crippen LogP contribution is 2.22. The lowest BCUT2D eigenvalue weighted by atomic mass is 10.1. The third-order valence-electron chi connectivity index (χ3n) is 3.93. The van der Waals surface area contributed by atoms with Crippen molar-refractivity contribution in [3.8, 4) is 11.3 Å². The molecule has 5 nitrogen and oxygen atoms in total. The topological polar surface area (TPSA) is 63.5 Å². The molecule has 5 heteroatoms. The van der Waals surface area contributed by atoms with E-state index in [1.807, 2.05) is 37.3 Å². The minimum Gasteiger partial charge on any atom is -0.461 e. The lowest BCUT2D eigenvalue weighted by Crippen LogP contribution is -2.43. The Morgan fingerprint density at radius 2 is 2.18 bits per heavy atom. The van der Waals surface area contributed by atoms with E-state index in [1.54, 1.807) is 13.2 Å². The predicted molar refractivity (Wildman–Crippen MR) is 83.8 cm³/mol. The van der Waals surface area contributed by atoms with Gasteiger partial charge in [0.05, 0.1) is 12.1 Å². The molecule has 2 heterocycles. The number of carbonyl (C=O) groups is 1. The second-order valence-corrected chi connectivity index (χ2v) is 5.50. The number of benzene rings is 1. The largest absolute Gasteiger partial charge is 0.461 e. The molecule has 1 aliphatic heterocycles. The maximum atomic E-state index is 12.4. The minimum atomic E-state index is -0.0964. The number of carbonyl (C=O) groups excluding carboxylic acids is 1. The van der Waals surface area contributed by atoms with Crippen molar-refractivity contribution in [2.75, 3.05) is 20.2 Å². The van der Waals surface area contributed by atoms with E-state index in [4.69, 9.17) is 9.15 Å². The number of methoxy groups -OCH3 is 1. The third kappa shape index (κ3) is 3.05. The molecule has 1 aromatic heterocycles. The van der Waals surface area contributed by atoms with Crippen LogP contribution in [-0.2, 0) is 4.74 Å². The number of nitrogens with one attached hydrogen (secondary N) is 2. The van der Waals surface area contributed by atoms with Gasteiger partial charge in [-0.3, -0.25) is 4.79 Å². The zero-order valence-electron chi connectivity index (χ0n) is 12.8. The van der Waals surface area contributed by atoms with Crippen molar-refractivity contribution in [3.63, 3.8) is 0 Å². The molecule has 2 N–H and O–H groups in total. The van der Waals surface area contributed by atoms with Crippen LogP contribution in [0.3, 0.4) is 0 Å². The van der Waals surface area contributed by atoms with Crippen LogP contribution in [0, 0.1) is 6.92 Å². The van der Waals surface area contributed by atoms with Crippen LogP contribution in [0.5, 0.6) is 0 Å². The third-order valence-corrected chi connectivity index (χ3v) is 3.93. The van der Waals surface area contributed by atoms with Gasteiger partial charge in [-0.1, -0.05) is 12.1 Å². The maximum Gasteiger partial charge on any atom is 0.251 e. The Kier molecular flexibility index (Phi) is 4.27.